The van der Waals surface area contributed by atoms with E-state index in [1.807, 2.05) is 0 Å². The summed E-state index contributed by atoms with van der Waals surface area (Å²) in [6.07, 6.45) is 11.5. The van der Waals surface area contributed by atoms with E-state index in [0.717, 1.165) is 13.0 Å². The Morgan fingerprint density at radius 2 is 1.55 bits per heavy atom. The third kappa shape index (κ3) is 6.58. The van der Waals surface area contributed by atoms with E-state index >= 15 is 0 Å². The molecule has 0 spiro atoms. The fraction of sp³-hybridized carbons (Fsp3) is 0.500. The molecule has 0 bridgehead atoms. The second-order valence-corrected chi connectivity index (χ2v) is 8.54. The fourth-order valence-electron chi connectivity index (χ4n) is 3.37. The average Bonchev–Trinajstić information content (AvgIpc) is 3.32. The first kappa shape index (κ1) is 22.9. The van der Waals surface area contributed by atoms with Crippen molar-refractivity contribution in [1.82, 2.24) is 10.2 Å². The SMILES string of the molecule is CCCCCCCCCCCNc1nnc(NC(=O)c2ccc3c(c2)C(=O)OC3=O)s1. The first-order valence-electron chi connectivity index (χ1n) is 10.9. The zero-order valence-electron chi connectivity index (χ0n) is 17.7. The minimum atomic E-state index is -0.742. The molecule has 2 aromatic rings. The maximum absolute atomic E-state index is 12.4. The Morgan fingerprint density at radius 3 is 2.29 bits per heavy atom. The van der Waals surface area contributed by atoms with Crippen molar-refractivity contribution in [2.45, 2.75) is 64.7 Å². The summed E-state index contributed by atoms with van der Waals surface area (Å²) in [4.78, 5) is 35.6. The molecule has 0 saturated carbocycles. The van der Waals surface area contributed by atoms with Crippen LogP contribution in [0.1, 0.15) is 95.8 Å². The van der Waals surface area contributed by atoms with Crippen LogP contribution in [0.25, 0.3) is 0 Å². The molecule has 1 aliphatic heterocycles. The predicted molar refractivity (Wildman–Crippen MR) is 120 cm³/mol. The van der Waals surface area contributed by atoms with Crippen LogP contribution >= 0.6 is 11.3 Å². The lowest BCUT2D eigenvalue weighted by molar-refractivity contribution is 0.0443. The van der Waals surface area contributed by atoms with Gasteiger partial charge in [0.05, 0.1) is 11.1 Å². The summed E-state index contributed by atoms with van der Waals surface area (Å²) in [6.45, 7) is 3.05. The van der Waals surface area contributed by atoms with Crippen LogP contribution in [0.4, 0.5) is 10.3 Å². The lowest BCUT2D eigenvalue weighted by Crippen LogP contribution is -2.12. The number of nitrogens with zero attached hydrogens (tertiary/aromatic N) is 2. The highest BCUT2D eigenvalue weighted by Gasteiger charge is 2.30. The summed E-state index contributed by atoms with van der Waals surface area (Å²) in [5, 5.41) is 14.9. The lowest BCUT2D eigenvalue weighted by Gasteiger charge is -2.03. The number of unbranched alkanes of at least 4 members (excludes halogenated alkanes) is 8. The summed E-state index contributed by atoms with van der Waals surface area (Å²) >= 11 is 1.25. The van der Waals surface area contributed by atoms with Crippen LogP contribution in [0, 0.1) is 0 Å². The number of benzene rings is 1. The number of rotatable bonds is 13. The van der Waals surface area contributed by atoms with E-state index in [1.165, 1.54) is 80.9 Å². The lowest BCUT2D eigenvalue weighted by atomic mass is 10.1. The topological polar surface area (TPSA) is 110 Å². The molecule has 0 fully saturated rings. The Kier molecular flexibility index (Phi) is 8.52. The van der Waals surface area contributed by atoms with Gasteiger partial charge in [0.25, 0.3) is 5.91 Å². The highest BCUT2D eigenvalue weighted by atomic mass is 32.1. The standard InChI is InChI=1S/C22H28N4O4S/c1-2-3-4-5-6-7-8-9-10-13-23-21-25-26-22(31-21)24-18(27)15-11-12-16-17(14-15)20(29)30-19(16)28/h11-12,14H,2-10,13H2,1H3,(H,23,25)(H,24,26,27). The number of ether oxygens (including phenoxy) is 1. The van der Waals surface area contributed by atoms with Crippen LogP contribution in [0.3, 0.4) is 0 Å². The molecule has 0 atom stereocenters. The number of nitrogens with one attached hydrogen (secondary N) is 2. The number of anilines is 2. The van der Waals surface area contributed by atoms with Gasteiger partial charge in [-0.15, -0.1) is 10.2 Å². The molecular weight excluding hydrogens is 416 g/mol. The molecule has 0 unspecified atom stereocenters. The number of carbonyl (C=O) groups is 3. The van der Waals surface area contributed by atoms with Crippen molar-refractivity contribution in [1.29, 1.82) is 0 Å². The van der Waals surface area contributed by atoms with E-state index < -0.39 is 17.8 Å². The maximum Gasteiger partial charge on any atom is 0.346 e. The number of carbonyl (C=O) groups excluding carboxylic acids is 3. The average molecular weight is 445 g/mol. The van der Waals surface area contributed by atoms with Gasteiger partial charge in [-0.05, 0) is 24.6 Å². The minimum absolute atomic E-state index is 0.0956. The molecule has 2 N–H and O–H groups in total. The van der Waals surface area contributed by atoms with Crippen LogP contribution in [-0.4, -0.2) is 34.6 Å². The second kappa shape index (κ2) is 11.5. The van der Waals surface area contributed by atoms with E-state index in [9.17, 15) is 14.4 Å². The summed E-state index contributed by atoms with van der Waals surface area (Å²) in [6, 6.07) is 4.23. The van der Waals surface area contributed by atoms with E-state index in [1.54, 1.807) is 0 Å². The molecule has 166 valence electrons. The molecule has 0 radical (unpaired) electrons. The summed E-state index contributed by atoms with van der Waals surface area (Å²) in [5.41, 5.74) is 0.503. The van der Waals surface area contributed by atoms with Gasteiger partial charge in [-0.25, -0.2) is 9.59 Å². The Hall–Kier alpha value is -2.81. The summed E-state index contributed by atoms with van der Waals surface area (Å²) in [5.74, 6) is -1.87. The zero-order valence-corrected chi connectivity index (χ0v) is 18.6. The van der Waals surface area contributed by atoms with Gasteiger partial charge in [0, 0.05) is 12.1 Å². The van der Waals surface area contributed by atoms with Gasteiger partial charge in [0.15, 0.2) is 0 Å². The third-order valence-corrected chi connectivity index (χ3v) is 5.91. The molecule has 0 saturated heterocycles. The van der Waals surface area contributed by atoms with Gasteiger partial charge < -0.3 is 10.1 Å². The van der Waals surface area contributed by atoms with E-state index in [-0.39, 0.29) is 16.7 Å². The molecule has 1 aliphatic rings. The molecule has 1 aromatic carbocycles. The Balaban J connectivity index is 1.36. The molecule has 0 aliphatic carbocycles. The fourth-order valence-corrected chi connectivity index (χ4v) is 4.04. The first-order valence-corrected chi connectivity index (χ1v) is 11.7. The van der Waals surface area contributed by atoms with Gasteiger partial charge in [-0.1, -0.05) is 69.6 Å². The van der Waals surface area contributed by atoms with Crippen LogP contribution in [0.15, 0.2) is 18.2 Å². The summed E-state index contributed by atoms with van der Waals surface area (Å²) < 4.78 is 4.54. The van der Waals surface area contributed by atoms with Crippen molar-refractivity contribution in [3.63, 3.8) is 0 Å². The number of esters is 2. The highest BCUT2D eigenvalue weighted by Crippen LogP contribution is 2.24. The maximum atomic E-state index is 12.4. The van der Waals surface area contributed by atoms with Gasteiger partial charge in [0.2, 0.25) is 10.3 Å². The zero-order chi connectivity index (χ0) is 22.1. The monoisotopic (exact) mass is 444 g/mol. The van der Waals surface area contributed by atoms with Crippen molar-refractivity contribution >= 4 is 39.4 Å². The van der Waals surface area contributed by atoms with Crippen molar-refractivity contribution < 1.29 is 19.1 Å². The predicted octanol–water partition coefficient (Wildman–Crippen LogP) is 5.04. The van der Waals surface area contributed by atoms with Gasteiger partial charge in [-0.3, -0.25) is 10.1 Å². The number of cyclic esters (lactones) is 2. The van der Waals surface area contributed by atoms with E-state index in [0.29, 0.717) is 10.3 Å². The molecule has 3 rings (SSSR count). The van der Waals surface area contributed by atoms with E-state index in [2.05, 4.69) is 32.5 Å². The number of hydrogen-bond acceptors (Lipinski definition) is 8. The molecule has 1 amide bonds. The number of fused-ring (bicyclic) bond motifs is 1. The summed E-state index contributed by atoms with van der Waals surface area (Å²) in [7, 11) is 0. The van der Waals surface area contributed by atoms with Crippen molar-refractivity contribution in [3.05, 3.63) is 34.9 Å². The molecule has 31 heavy (non-hydrogen) atoms. The molecular formula is C22H28N4O4S. The van der Waals surface area contributed by atoms with Crippen LogP contribution < -0.4 is 10.6 Å². The second-order valence-electron chi connectivity index (χ2n) is 7.56. The number of aromatic nitrogens is 2. The van der Waals surface area contributed by atoms with Crippen LogP contribution in [0.5, 0.6) is 0 Å². The van der Waals surface area contributed by atoms with Gasteiger partial charge >= 0.3 is 11.9 Å². The third-order valence-electron chi connectivity index (χ3n) is 5.11. The van der Waals surface area contributed by atoms with Crippen molar-refractivity contribution in [3.8, 4) is 0 Å². The van der Waals surface area contributed by atoms with Gasteiger partial charge in [0.1, 0.15) is 0 Å². The smallest absolute Gasteiger partial charge is 0.346 e. The molecule has 2 heterocycles. The Bertz CT molecular complexity index is 928. The van der Waals surface area contributed by atoms with E-state index in [4.69, 9.17) is 0 Å². The van der Waals surface area contributed by atoms with Crippen LogP contribution in [-0.2, 0) is 4.74 Å². The van der Waals surface area contributed by atoms with Crippen molar-refractivity contribution in [2.24, 2.45) is 0 Å². The highest BCUT2D eigenvalue weighted by molar-refractivity contribution is 7.19. The first-order chi connectivity index (χ1) is 15.1. The molecule has 9 heteroatoms. The molecule has 1 aromatic heterocycles. The number of hydrogen-bond donors (Lipinski definition) is 2. The quantitative estimate of drug-likeness (QED) is 0.253. The van der Waals surface area contributed by atoms with Gasteiger partial charge in [-0.2, -0.15) is 0 Å². The van der Waals surface area contributed by atoms with Crippen LogP contribution in [0.2, 0.25) is 0 Å². The number of amides is 1. The Morgan fingerprint density at radius 1 is 0.903 bits per heavy atom. The largest absolute Gasteiger partial charge is 0.386 e. The normalized spacial score (nSPS) is 12.5. The Labute approximate surface area is 185 Å². The van der Waals surface area contributed by atoms with Crippen molar-refractivity contribution in [2.75, 3.05) is 17.2 Å². The minimum Gasteiger partial charge on any atom is -0.386 e. The molecule has 8 nitrogen and oxygen atoms in total.